The third-order valence-corrected chi connectivity index (χ3v) is 4.36. The predicted octanol–water partition coefficient (Wildman–Crippen LogP) is 2.30. The third-order valence-electron chi connectivity index (χ3n) is 2.66. The van der Waals surface area contributed by atoms with Crippen molar-refractivity contribution < 1.29 is 5.11 Å². The first-order valence-corrected chi connectivity index (χ1v) is 7.67. The Labute approximate surface area is 116 Å². The maximum atomic E-state index is 9.86. The number of hydrogen-bond donors (Lipinski definition) is 2. The number of nitrogens with one attached hydrogen (secondary N) is 1. The minimum atomic E-state index is -0.293. The van der Waals surface area contributed by atoms with Crippen LogP contribution in [0.1, 0.15) is 18.7 Å². The molecule has 1 heterocycles. The Kier molecular flexibility index (Phi) is 7.30. The molecule has 98 valence electrons. The second-order valence-corrected chi connectivity index (χ2v) is 5.91. The van der Waals surface area contributed by atoms with Crippen LogP contribution in [0.25, 0.3) is 0 Å². The Bertz CT molecular complexity index is 315. The van der Waals surface area contributed by atoms with Gasteiger partial charge in [0.05, 0.1) is 6.10 Å². The van der Waals surface area contributed by atoms with Crippen LogP contribution in [0, 0.1) is 0 Å². The number of thiophene rings is 1. The molecule has 0 aromatic carbocycles. The second kappa shape index (κ2) is 8.21. The summed E-state index contributed by atoms with van der Waals surface area (Å²) < 4.78 is 1.13. The fourth-order valence-corrected chi connectivity index (χ4v) is 3.07. The van der Waals surface area contributed by atoms with Crippen molar-refractivity contribution in [3.05, 3.63) is 20.8 Å². The van der Waals surface area contributed by atoms with E-state index in [1.807, 2.05) is 0 Å². The van der Waals surface area contributed by atoms with Crippen molar-refractivity contribution in [2.24, 2.45) is 0 Å². The van der Waals surface area contributed by atoms with Crippen LogP contribution >= 0.6 is 27.3 Å². The Hall–Kier alpha value is 0.0600. The molecule has 5 heteroatoms. The van der Waals surface area contributed by atoms with Gasteiger partial charge in [-0.25, -0.2) is 0 Å². The smallest absolute Gasteiger partial charge is 0.0791 e. The van der Waals surface area contributed by atoms with Crippen LogP contribution in [-0.2, 0) is 6.54 Å². The summed E-state index contributed by atoms with van der Waals surface area (Å²) in [7, 11) is 0. The molecule has 1 aromatic rings. The molecule has 0 bridgehead atoms. The molecule has 1 unspecified atom stereocenters. The number of halogens is 1. The van der Waals surface area contributed by atoms with Crippen molar-refractivity contribution in [3.63, 3.8) is 0 Å². The van der Waals surface area contributed by atoms with E-state index in [2.05, 4.69) is 51.4 Å². The highest BCUT2D eigenvalue weighted by Gasteiger charge is 2.08. The number of likely N-dealkylation sites (N-methyl/N-ethyl adjacent to an activating group) is 1. The molecule has 0 fully saturated rings. The number of aliphatic hydroxyl groups excluding tert-OH is 1. The minimum absolute atomic E-state index is 0.293. The first-order chi connectivity index (χ1) is 8.15. The standard InChI is InChI=1S/C12H21BrN2OS/c1-3-15(4-2)8-11(16)6-14-7-12-5-10(13)9-17-12/h5,9,11,14,16H,3-4,6-8H2,1-2H3. The molecule has 0 saturated heterocycles. The molecule has 2 N–H and O–H groups in total. The maximum absolute atomic E-state index is 9.86. The highest BCUT2D eigenvalue weighted by Crippen LogP contribution is 2.19. The van der Waals surface area contributed by atoms with Crippen molar-refractivity contribution in [2.45, 2.75) is 26.5 Å². The van der Waals surface area contributed by atoms with Gasteiger partial charge in [0.2, 0.25) is 0 Å². The largest absolute Gasteiger partial charge is 0.390 e. The molecule has 0 spiro atoms. The van der Waals surface area contributed by atoms with Crippen LogP contribution in [0.2, 0.25) is 0 Å². The molecule has 0 aliphatic heterocycles. The molecule has 17 heavy (non-hydrogen) atoms. The second-order valence-electron chi connectivity index (χ2n) is 4.00. The zero-order chi connectivity index (χ0) is 12.7. The third kappa shape index (κ3) is 5.97. The first-order valence-electron chi connectivity index (χ1n) is 5.99. The van der Waals surface area contributed by atoms with E-state index >= 15 is 0 Å². The summed E-state index contributed by atoms with van der Waals surface area (Å²) in [4.78, 5) is 3.51. The number of nitrogens with zero attached hydrogens (tertiary/aromatic N) is 1. The predicted molar refractivity (Wildman–Crippen MR) is 77.5 cm³/mol. The Morgan fingerprint density at radius 3 is 2.71 bits per heavy atom. The molecule has 0 amide bonds. The van der Waals surface area contributed by atoms with Crippen LogP contribution in [0.5, 0.6) is 0 Å². The lowest BCUT2D eigenvalue weighted by molar-refractivity contribution is 0.116. The summed E-state index contributed by atoms with van der Waals surface area (Å²) in [5.74, 6) is 0. The van der Waals surface area contributed by atoms with Gasteiger partial charge in [-0.2, -0.15) is 0 Å². The molecule has 0 saturated carbocycles. The zero-order valence-electron chi connectivity index (χ0n) is 10.4. The van der Waals surface area contributed by atoms with Gasteiger partial charge >= 0.3 is 0 Å². The molecule has 0 aliphatic rings. The lowest BCUT2D eigenvalue weighted by Gasteiger charge is -2.21. The average molecular weight is 321 g/mol. The van der Waals surface area contributed by atoms with E-state index in [0.29, 0.717) is 6.54 Å². The normalized spacial score (nSPS) is 13.2. The van der Waals surface area contributed by atoms with E-state index in [0.717, 1.165) is 30.7 Å². The molecule has 1 rings (SSSR count). The molecular formula is C12H21BrN2OS. The van der Waals surface area contributed by atoms with E-state index in [1.165, 1.54) is 4.88 Å². The van der Waals surface area contributed by atoms with Gasteiger partial charge in [0, 0.05) is 34.4 Å². The summed E-state index contributed by atoms with van der Waals surface area (Å²) in [5.41, 5.74) is 0. The van der Waals surface area contributed by atoms with Crippen LogP contribution < -0.4 is 5.32 Å². The first kappa shape index (κ1) is 15.1. The highest BCUT2D eigenvalue weighted by molar-refractivity contribution is 9.10. The molecule has 1 aromatic heterocycles. The highest BCUT2D eigenvalue weighted by atomic mass is 79.9. The molecule has 3 nitrogen and oxygen atoms in total. The molecule has 0 radical (unpaired) electrons. The van der Waals surface area contributed by atoms with Gasteiger partial charge in [-0.3, -0.25) is 0 Å². The van der Waals surface area contributed by atoms with Crippen molar-refractivity contribution in [1.29, 1.82) is 0 Å². The molecule has 0 aliphatic carbocycles. The zero-order valence-corrected chi connectivity index (χ0v) is 12.9. The lowest BCUT2D eigenvalue weighted by Crippen LogP contribution is -2.38. The fraction of sp³-hybridized carbons (Fsp3) is 0.667. The van der Waals surface area contributed by atoms with Crippen molar-refractivity contribution >= 4 is 27.3 Å². The minimum Gasteiger partial charge on any atom is -0.390 e. The number of aliphatic hydroxyl groups is 1. The Morgan fingerprint density at radius 1 is 1.47 bits per heavy atom. The van der Waals surface area contributed by atoms with Crippen LogP contribution in [0.4, 0.5) is 0 Å². The summed E-state index contributed by atoms with van der Waals surface area (Å²) in [6.45, 7) is 8.43. The fourth-order valence-electron chi connectivity index (χ4n) is 1.65. The van der Waals surface area contributed by atoms with Crippen LogP contribution in [0.3, 0.4) is 0 Å². The van der Waals surface area contributed by atoms with E-state index in [4.69, 9.17) is 0 Å². The summed E-state index contributed by atoms with van der Waals surface area (Å²) in [6, 6.07) is 2.11. The van der Waals surface area contributed by atoms with E-state index < -0.39 is 0 Å². The summed E-state index contributed by atoms with van der Waals surface area (Å²) in [6.07, 6.45) is -0.293. The van der Waals surface area contributed by atoms with E-state index in [1.54, 1.807) is 11.3 Å². The maximum Gasteiger partial charge on any atom is 0.0791 e. The van der Waals surface area contributed by atoms with Crippen molar-refractivity contribution in [2.75, 3.05) is 26.2 Å². The van der Waals surface area contributed by atoms with E-state index in [-0.39, 0.29) is 6.10 Å². The lowest BCUT2D eigenvalue weighted by atomic mass is 10.3. The number of rotatable bonds is 8. The quantitative estimate of drug-likeness (QED) is 0.771. The van der Waals surface area contributed by atoms with Gasteiger partial charge in [-0.05, 0) is 35.1 Å². The topological polar surface area (TPSA) is 35.5 Å². The van der Waals surface area contributed by atoms with Crippen LogP contribution in [-0.4, -0.2) is 42.3 Å². The SMILES string of the molecule is CCN(CC)CC(O)CNCc1cc(Br)cs1. The Balaban J connectivity index is 2.17. The summed E-state index contributed by atoms with van der Waals surface area (Å²) >= 11 is 5.15. The number of hydrogen-bond acceptors (Lipinski definition) is 4. The monoisotopic (exact) mass is 320 g/mol. The van der Waals surface area contributed by atoms with Gasteiger partial charge in [-0.1, -0.05) is 13.8 Å². The molecule has 1 atom stereocenters. The Morgan fingerprint density at radius 2 is 2.18 bits per heavy atom. The summed E-state index contributed by atoms with van der Waals surface area (Å²) in [5, 5.41) is 15.2. The van der Waals surface area contributed by atoms with Gasteiger partial charge in [0.25, 0.3) is 0 Å². The van der Waals surface area contributed by atoms with Crippen LogP contribution in [0.15, 0.2) is 15.9 Å². The van der Waals surface area contributed by atoms with E-state index in [9.17, 15) is 5.11 Å². The van der Waals surface area contributed by atoms with Crippen molar-refractivity contribution in [1.82, 2.24) is 10.2 Å². The molecular weight excluding hydrogens is 300 g/mol. The van der Waals surface area contributed by atoms with Crippen molar-refractivity contribution in [3.8, 4) is 0 Å². The van der Waals surface area contributed by atoms with Gasteiger partial charge in [0.15, 0.2) is 0 Å². The van der Waals surface area contributed by atoms with Gasteiger partial charge in [0.1, 0.15) is 0 Å². The van der Waals surface area contributed by atoms with Gasteiger partial charge in [-0.15, -0.1) is 11.3 Å². The average Bonchev–Trinajstić information content (AvgIpc) is 2.72. The van der Waals surface area contributed by atoms with Gasteiger partial charge < -0.3 is 15.3 Å².